The molecule has 0 saturated heterocycles. The molecule has 0 radical (unpaired) electrons. The van der Waals surface area contributed by atoms with Gasteiger partial charge in [-0.15, -0.1) is 0 Å². The second-order valence-corrected chi connectivity index (χ2v) is 3.81. The van der Waals surface area contributed by atoms with Crippen LogP contribution in [0.25, 0.3) is 0 Å². The van der Waals surface area contributed by atoms with Gasteiger partial charge in [-0.05, 0) is 6.07 Å². The molecule has 1 aromatic heterocycles. The quantitative estimate of drug-likeness (QED) is 0.663. The number of carbonyl (C=O) groups excluding carboxylic acids is 1. The van der Waals surface area contributed by atoms with Gasteiger partial charge in [-0.3, -0.25) is 4.79 Å². The van der Waals surface area contributed by atoms with Crippen LogP contribution in [-0.4, -0.2) is 26.9 Å². The number of amides is 1. The van der Waals surface area contributed by atoms with Crippen LogP contribution in [0.4, 0.5) is 0 Å². The molecule has 0 unspecified atom stereocenters. The summed E-state index contributed by atoms with van der Waals surface area (Å²) in [4.78, 5) is 15.2. The van der Waals surface area contributed by atoms with E-state index >= 15 is 0 Å². The lowest BCUT2D eigenvalue weighted by molar-refractivity contribution is -0.121. The van der Waals surface area contributed by atoms with Crippen LogP contribution in [0.1, 0.15) is 5.56 Å². The van der Waals surface area contributed by atoms with Crippen LogP contribution in [0.3, 0.4) is 0 Å². The number of halogens is 1. The molecule has 1 N–H and O–H groups in total. The first-order valence-corrected chi connectivity index (χ1v) is 5.52. The van der Waals surface area contributed by atoms with Crippen molar-refractivity contribution < 1.29 is 4.79 Å². The van der Waals surface area contributed by atoms with Gasteiger partial charge in [-0.2, -0.15) is 10.2 Å². The topological polar surface area (TPSA) is 72.2 Å². The van der Waals surface area contributed by atoms with Gasteiger partial charge in [0, 0.05) is 10.6 Å². The number of nitrogens with one attached hydrogen (secondary N) is 1. The van der Waals surface area contributed by atoms with Gasteiger partial charge in [0.1, 0.15) is 19.2 Å². The highest BCUT2D eigenvalue weighted by Crippen LogP contribution is 2.11. The minimum atomic E-state index is -0.288. The highest BCUT2D eigenvalue weighted by atomic mass is 35.5. The number of carbonyl (C=O) groups is 1. The van der Waals surface area contributed by atoms with Gasteiger partial charge >= 0.3 is 0 Å². The molecule has 7 heteroatoms. The SMILES string of the molecule is O=C(Cn1cncn1)N/N=C/c1ccccc1Cl. The molecule has 92 valence electrons. The Bertz CT molecular complexity index is 552. The van der Waals surface area contributed by atoms with Crippen molar-refractivity contribution in [2.45, 2.75) is 6.54 Å². The van der Waals surface area contributed by atoms with E-state index in [4.69, 9.17) is 11.6 Å². The standard InChI is InChI=1S/C11H10ClN5O/c12-10-4-2-1-3-9(10)5-14-16-11(18)6-17-8-13-7-15-17/h1-5,7-8H,6H2,(H,16,18)/b14-5+. The zero-order valence-corrected chi connectivity index (χ0v) is 10.1. The molecule has 0 bridgehead atoms. The molecule has 0 atom stereocenters. The van der Waals surface area contributed by atoms with E-state index in [1.165, 1.54) is 23.6 Å². The maximum absolute atomic E-state index is 11.4. The van der Waals surface area contributed by atoms with E-state index in [0.717, 1.165) is 5.56 Å². The zero-order chi connectivity index (χ0) is 12.8. The summed E-state index contributed by atoms with van der Waals surface area (Å²) in [5.74, 6) is -0.288. The number of nitrogens with zero attached hydrogens (tertiary/aromatic N) is 4. The molecule has 18 heavy (non-hydrogen) atoms. The lowest BCUT2D eigenvalue weighted by Gasteiger charge is -1.99. The second-order valence-electron chi connectivity index (χ2n) is 3.41. The summed E-state index contributed by atoms with van der Waals surface area (Å²) in [5, 5.41) is 8.20. The predicted octanol–water partition coefficient (Wildman–Crippen LogP) is 1.08. The minimum absolute atomic E-state index is 0.0693. The fourth-order valence-electron chi connectivity index (χ4n) is 1.25. The first-order valence-electron chi connectivity index (χ1n) is 5.14. The van der Waals surface area contributed by atoms with Crippen molar-refractivity contribution in [3.05, 3.63) is 47.5 Å². The summed E-state index contributed by atoms with van der Waals surface area (Å²) in [6.45, 7) is 0.0693. The molecular formula is C11H10ClN5O. The van der Waals surface area contributed by atoms with E-state index in [0.29, 0.717) is 5.02 Å². The number of benzene rings is 1. The molecule has 1 heterocycles. The summed E-state index contributed by atoms with van der Waals surface area (Å²) < 4.78 is 1.40. The fraction of sp³-hybridized carbons (Fsp3) is 0.0909. The van der Waals surface area contributed by atoms with Gasteiger partial charge in [0.2, 0.25) is 0 Å². The molecule has 0 aliphatic rings. The van der Waals surface area contributed by atoms with E-state index in [1.807, 2.05) is 12.1 Å². The van der Waals surface area contributed by atoms with Gasteiger partial charge in [-0.25, -0.2) is 15.1 Å². The van der Waals surface area contributed by atoms with Crippen LogP contribution in [0.5, 0.6) is 0 Å². The lowest BCUT2D eigenvalue weighted by atomic mass is 10.2. The van der Waals surface area contributed by atoms with Crippen LogP contribution in [0.2, 0.25) is 5.02 Å². The Morgan fingerprint density at radius 1 is 1.50 bits per heavy atom. The van der Waals surface area contributed by atoms with E-state index in [2.05, 4.69) is 20.6 Å². The highest BCUT2D eigenvalue weighted by Gasteiger charge is 2.01. The van der Waals surface area contributed by atoms with E-state index in [9.17, 15) is 4.79 Å². The summed E-state index contributed by atoms with van der Waals surface area (Å²) in [6.07, 6.45) is 4.30. The molecule has 6 nitrogen and oxygen atoms in total. The normalized spacial score (nSPS) is 10.7. The third-order valence-corrected chi connectivity index (χ3v) is 2.41. The minimum Gasteiger partial charge on any atom is -0.271 e. The number of hydrogen-bond acceptors (Lipinski definition) is 4. The number of rotatable bonds is 4. The maximum Gasteiger partial charge on any atom is 0.261 e. The highest BCUT2D eigenvalue weighted by molar-refractivity contribution is 6.33. The summed E-state index contributed by atoms with van der Waals surface area (Å²) in [5.41, 5.74) is 3.12. The number of hydrazone groups is 1. The lowest BCUT2D eigenvalue weighted by Crippen LogP contribution is -2.23. The van der Waals surface area contributed by atoms with Crippen molar-refractivity contribution in [2.24, 2.45) is 5.10 Å². The Morgan fingerprint density at radius 3 is 3.06 bits per heavy atom. The molecule has 2 rings (SSSR count). The van der Waals surface area contributed by atoms with Gasteiger partial charge in [0.15, 0.2) is 0 Å². The Kier molecular flexibility index (Phi) is 4.03. The van der Waals surface area contributed by atoms with Gasteiger partial charge in [0.25, 0.3) is 5.91 Å². The van der Waals surface area contributed by atoms with Crippen molar-refractivity contribution in [1.29, 1.82) is 0 Å². The summed E-state index contributed by atoms with van der Waals surface area (Å²) >= 11 is 5.93. The Balaban J connectivity index is 1.88. The Morgan fingerprint density at radius 2 is 2.33 bits per heavy atom. The first-order chi connectivity index (χ1) is 8.75. The molecule has 0 fully saturated rings. The molecule has 1 amide bonds. The van der Waals surface area contributed by atoms with E-state index < -0.39 is 0 Å². The molecule has 1 aromatic carbocycles. The van der Waals surface area contributed by atoms with Crippen molar-refractivity contribution in [3.63, 3.8) is 0 Å². The Labute approximate surface area is 108 Å². The smallest absolute Gasteiger partial charge is 0.261 e. The molecule has 0 aliphatic heterocycles. The van der Waals surface area contributed by atoms with Crippen molar-refractivity contribution in [1.82, 2.24) is 20.2 Å². The number of aromatic nitrogens is 3. The largest absolute Gasteiger partial charge is 0.271 e. The average molecular weight is 264 g/mol. The van der Waals surface area contributed by atoms with Crippen LogP contribution in [0, 0.1) is 0 Å². The molecule has 0 saturated carbocycles. The van der Waals surface area contributed by atoms with Gasteiger partial charge < -0.3 is 0 Å². The first kappa shape index (κ1) is 12.3. The molecular weight excluding hydrogens is 254 g/mol. The predicted molar refractivity (Wildman–Crippen MR) is 67.2 cm³/mol. The Hall–Kier alpha value is -2.21. The van der Waals surface area contributed by atoms with Crippen molar-refractivity contribution >= 4 is 23.7 Å². The molecule has 2 aromatic rings. The van der Waals surface area contributed by atoms with Crippen molar-refractivity contribution in [3.8, 4) is 0 Å². The zero-order valence-electron chi connectivity index (χ0n) is 9.32. The third kappa shape index (κ3) is 3.39. The molecule has 0 aliphatic carbocycles. The fourth-order valence-corrected chi connectivity index (χ4v) is 1.44. The maximum atomic E-state index is 11.4. The van der Waals surface area contributed by atoms with Gasteiger partial charge in [-0.1, -0.05) is 29.8 Å². The molecule has 0 spiro atoms. The average Bonchev–Trinajstić information content (AvgIpc) is 2.84. The van der Waals surface area contributed by atoms with Crippen LogP contribution in [-0.2, 0) is 11.3 Å². The van der Waals surface area contributed by atoms with Crippen LogP contribution in [0.15, 0.2) is 42.0 Å². The van der Waals surface area contributed by atoms with Gasteiger partial charge in [0.05, 0.1) is 6.21 Å². The third-order valence-electron chi connectivity index (χ3n) is 2.07. The summed E-state index contributed by atoms with van der Waals surface area (Å²) in [6, 6.07) is 7.21. The van der Waals surface area contributed by atoms with Crippen LogP contribution >= 0.6 is 11.6 Å². The van der Waals surface area contributed by atoms with Crippen LogP contribution < -0.4 is 5.43 Å². The number of hydrogen-bond donors (Lipinski definition) is 1. The van der Waals surface area contributed by atoms with E-state index in [1.54, 1.807) is 12.1 Å². The van der Waals surface area contributed by atoms with Crippen molar-refractivity contribution in [2.75, 3.05) is 0 Å². The second kappa shape index (κ2) is 5.92. The summed E-state index contributed by atoms with van der Waals surface area (Å²) in [7, 11) is 0. The monoisotopic (exact) mass is 263 g/mol. The van der Waals surface area contributed by atoms with E-state index in [-0.39, 0.29) is 12.5 Å².